The number of hydrogen-bond acceptors (Lipinski definition) is 2. The van der Waals surface area contributed by atoms with Crippen LogP contribution in [0.4, 0.5) is 4.39 Å². The number of carbonyl (C=O) groups is 1. The Balaban J connectivity index is 1.58. The van der Waals surface area contributed by atoms with Crippen LogP contribution >= 0.6 is 11.8 Å². The summed E-state index contributed by atoms with van der Waals surface area (Å²) in [4.78, 5) is 14.3. The van der Waals surface area contributed by atoms with Crippen molar-refractivity contribution in [2.45, 2.75) is 11.9 Å². The van der Waals surface area contributed by atoms with Crippen LogP contribution in [0.1, 0.15) is 16.5 Å². The van der Waals surface area contributed by atoms with Crippen molar-refractivity contribution in [3.05, 3.63) is 90.0 Å². The first kappa shape index (κ1) is 16.0. The molecule has 3 nitrogen and oxygen atoms in total. The highest BCUT2D eigenvalue weighted by molar-refractivity contribution is 8.00. The number of hydrogen-bond donors (Lipinski definition) is 0. The average molecular weight is 352 g/mol. The Morgan fingerprint density at radius 2 is 1.80 bits per heavy atom. The predicted octanol–water partition coefficient (Wildman–Crippen LogP) is 4.39. The SMILES string of the molecule is O=C1CSC(c2ccn(-c3ccc(F)cc3)c2)N1Cc1ccccc1. The van der Waals surface area contributed by atoms with E-state index < -0.39 is 0 Å². The molecule has 2 heterocycles. The molecule has 0 spiro atoms. The van der Waals surface area contributed by atoms with E-state index >= 15 is 0 Å². The quantitative estimate of drug-likeness (QED) is 0.696. The summed E-state index contributed by atoms with van der Waals surface area (Å²) in [5.41, 5.74) is 3.11. The maximum atomic E-state index is 13.1. The van der Waals surface area contributed by atoms with Crippen molar-refractivity contribution in [1.29, 1.82) is 0 Å². The van der Waals surface area contributed by atoms with Gasteiger partial charge in [0.15, 0.2) is 0 Å². The Labute approximate surface area is 150 Å². The van der Waals surface area contributed by atoms with E-state index in [0.717, 1.165) is 16.8 Å². The maximum Gasteiger partial charge on any atom is 0.234 e. The fraction of sp³-hybridized carbons (Fsp3) is 0.150. The number of carbonyl (C=O) groups excluding carboxylic acids is 1. The highest BCUT2D eigenvalue weighted by Crippen LogP contribution is 2.39. The van der Waals surface area contributed by atoms with E-state index in [-0.39, 0.29) is 17.1 Å². The predicted molar refractivity (Wildman–Crippen MR) is 97.9 cm³/mol. The lowest BCUT2D eigenvalue weighted by atomic mass is 10.2. The van der Waals surface area contributed by atoms with Crippen LogP contribution in [0.2, 0.25) is 0 Å². The van der Waals surface area contributed by atoms with E-state index in [0.29, 0.717) is 12.3 Å². The van der Waals surface area contributed by atoms with Crippen molar-refractivity contribution in [1.82, 2.24) is 9.47 Å². The summed E-state index contributed by atoms with van der Waals surface area (Å²) in [6.45, 7) is 0.610. The molecule has 4 rings (SSSR count). The third-order valence-electron chi connectivity index (χ3n) is 4.29. The lowest BCUT2D eigenvalue weighted by molar-refractivity contribution is -0.128. The molecule has 0 saturated carbocycles. The maximum absolute atomic E-state index is 13.1. The second-order valence-corrected chi connectivity index (χ2v) is 7.07. The number of amides is 1. The molecule has 1 unspecified atom stereocenters. The molecule has 1 amide bonds. The monoisotopic (exact) mass is 352 g/mol. The topological polar surface area (TPSA) is 25.2 Å². The van der Waals surface area contributed by atoms with Crippen LogP contribution < -0.4 is 0 Å². The minimum Gasteiger partial charge on any atom is -0.323 e. The first-order valence-corrected chi connectivity index (χ1v) is 9.14. The van der Waals surface area contributed by atoms with E-state index in [1.807, 2.05) is 58.3 Å². The van der Waals surface area contributed by atoms with Gasteiger partial charge >= 0.3 is 0 Å². The minimum atomic E-state index is -0.248. The Hall–Kier alpha value is -2.53. The fourth-order valence-electron chi connectivity index (χ4n) is 3.01. The third-order valence-corrected chi connectivity index (χ3v) is 5.55. The van der Waals surface area contributed by atoms with E-state index in [1.165, 1.54) is 12.1 Å². The molecule has 1 aromatic heterocycles. The first-order chi connectivity index (χ1) is 12.2. The minimum absolute atomic E-state index is 0.00871. The molecule has 0 bridgehead atoms. The van der Waals surface area contributed by atoms with Crippen molar-refractivity contribution in [3.8, 4) is 5.69 Å². The van der Waals surface area contributed by atoms with Gasteiger partial charge in [0.05, 0.1) is 5.75 Å². The number of aromatic nitrogens is 1. The molecule has 1 saturated heterocycles. The van der Waals surface area contributed by atoms with Gasteiger partial charge in [-0.3, -0.25) is 4.79 Å². The summed E-state index contributed by atoms with van der Waals surface area (Å²) in [7, 11) is 0. The fourth-order valence-corrected chi connectivity index (χ4v) is 4.18. The van der Waals surface area contributed by atoms with Crippen LogP contribution in [0.15, 0.2) is 73.1 Å². The van der Waals surface area contributed by atoms with E-state index in [2.05, 4.69) is 0 Å². The highest BCUT2D eigenvalue weighted by atomic mass is 32.2. The zero-order chi connectivity index (χ0) is 17.2. The van der Waals surface area contributed by atoms with Gasteiger partial charge in [0.1, 0.15) is 11.2 Å². The molecule has 1 aliphatic rings. The summed E-state index contributed by atoms with van der Waals surface area (Å²) in [5, 5.41) is 0.00871. The third kappa shape index (κ3) is 3.33. The van der Waals surface area contributed by atoms with Gasteiger partial charge in [-0.15, -0.1) is 11.8 Å². The molecule has 2 aromatic carbocycles. The molecule has 5 heteroatoms. The van der Waals surface area contributed by atoms with Gasteiger partial charge in [0.2, 0.25) is 5.91 Å². The largest absolute Gasteiger partial charge is 0.323 e. The van der Waals surface area contributed by atoms with Crippen molar-refractivity contribution < 1.29 is 9.18 Å². The van der Waals surface area contributed by atoms with Gasteiger partial charge < -0.3 is 9.47 Å². The van der Waals surface area contributed by atoms with E-state index in [9.17, 15) is 9.18 Å². The Bertz CT molecular complexity index is 876. The molecular formula is C20H17FN2OS. The molecular weight excluding hydrogens is 335 g/mol. The van der Waals surface area contributed by atoms with Crippen LogP contribution in [-0.2, 0) is 11.3 Å². The molecule has 1 fully saturated rings. The molecule has 126 valence electrons. The second-order valence-electron chi connectivity index (χ2n) is 6.00. The number of thioether (sulfide) groups is 1. The number of halogens is 1. The van der Waals surface area contributed by atoms with Crippen LogP contribution in [0.3, 0.4) is 0 Å². The van der Waals surface area contributed by atoms with E-state index in [1.54, 1.807) is 23.9 Å². The Morgan fingerprint density at radius 3 is 2.56 bits per heavy atom. The first-order valence-electron chi connectivity index (χ1n) is 8.09. The lowest BCUT2D eigenvalue weighted by Gasteiger charge is -2.23. The van der Waals surface area contributed by atoms with Crippen molar-refractivity contribution in [3.63, 3.8) is 0 Å². The number of nitrogens with zero attached hydrogens (tertiary/aromatic N) is 2. The van der Waals surface area contributed by atoms with Crippen molar-refractivity contribution in [2.75, 3.05) is 5.75 Å². The van der Waals surface area contributed by atoms with Gasteiger partial charge in [-0.05, 0) is 35.9 Å². The Morgan fingerprint density at radius 1 is 1.04 bits per heavy atom. The van der Waals surface area contributed by atoms with Crippen molar-refractivity contribution in [2.24, 2.45) is 0 Å². The number of benzene rings is 2. The highest BCUT2D eigenvalue weighted by Gasteiger charge is 2.33. The second kappa shape index (κ2) is 6.76. The zero-order valence-electron chi connectivity index (χ0n) is 13.5. The molecule has 1 atom stereocenters. The van der Waals surface area contributed by atoms with E-state index in [4.69, 9.17) is 0 Å². The summed E-state index contributed by atoms with van der Waals surface area (Å²) < 4.78 is 15.1. The van der Waals surface area contributed by atoms with Crippen LogP contribution in [0.25, 0.3) is 5.69 Å². The lowest BCUT2D eigenvalue weighted by Crippen LogP contribution is -2.27. The normalized spacial score (nSPS) is 17.2. The molecule has 3 aromatic rings. The molecule has 0 radical (unpaired) electrons. The summed E-state index contributed by atoms with van der Waals surface area (Å²) in [6, 6.07) is 18.4. The van der Waals surface area contributed by atoms with Crippen LogP contribution in [-0.4, -0.2) is 21.1 Å². The van der Waals surface area contributed by atoms with Gasteiger partial charge in [-0.25, -0.2) is 4.39 Å². The van der Waals surface area contributed by atoms with Crippen LogP contribution in [0, 0.1) is 5.82 Å². The summed E-state index contributed by atoms with van der Waals surface area (Å²) in [6.07, 6.45) is 3.97. The van der Waals surface area contributed by atoms with Gasteiger partial charge in [-0.1, -0.05) is 30.3 Å². The Kier molecular flexibility index (Phi) is 4.32. The molecule has 25 heavy (non-hydrogen) atoms. The smallest absolute Gasteiger partial charge is 0.234 e. The summed E-state index contributed by atoms with van der Waals surface area (Å²) in [5.74, 6) is 0.412. The molecule has 0 aliphatic carbocycles. The standard InChI is InChI=1S/C20H17FN2OS/c21-17-6-8-18(9-7-17)22-11-10-16(13-22)20-23(19(24)14-25-20)12-15-4-2-1-3-5-15/h1-11,13,20H,12,14H2. The average Bonchev–Trinajstić information content (AvgIpc) is 3.24. The van der Waals surface area contributed by atoms with Gasteiger partial charge in [0.25, 0.3) is 0 Å². The molecule has 0 N–H and O–H groups in total. The molecule has 1 aliphatic heterocycles. The number of rotatable bonds is 4. The van der Waals surface area contributed by atoms with Crippen molar-refractivity contribution >= 4 is 17.7 Å². The summed E-state index contributed by atoms with van der Waals surface area (Å²) >= 11 is 1.64. The zero-order valence-corrected chi connectivity index (χ0v) is 14.3. The van der Waals surface area contributed by atoms with Crippen LogP contribution in [0.5, 0.6) is 0 Å². The van der Waals surface area contributed by atoms with Gasteiger partial charge in [0, 0.05) is 30.2 Å². The van der Waals surface area contributed by atoms with Gasteiger partial charge in [-0.2, -0.15) is 0 Å².